The summed E-state index contributed by atoms with van der Waals surface area (Å²) in [6, 6.07) is 0. The lowest BCUT2D eigenvalue weighted by Gasteiger charge is -2.31. The van der Waals surface area contributed by atoms with Crippen molar-refractivity contribution in [3.8, 4) is 0 Å². The zero-order valence-corrected chi connectivity index (χ0v) is 9.87. The van der Waals surface area contributed by atoms with E-state index >= 15 is 0 Å². The maximum Gasteiger partial charge on any atom is 0.434 e. The topological polar surface area (TPSA) is 46.0 Å². The third-order valence-corrected chi connectivity index (χ3v) is 3.29. The van der Waals surface area contributed by atoms with E-state index in [1.165, 1.54) is 0 Å². The van der Waals surface area contributed by atoms with Crippen LogP contribution >= 0.6 is 0 Å². The highest BCUT2D eigenvalue weighted by Gasteiger charge is 2.34. The van der Waals surface area contributed by atoms with Crippen molar-refractivity contribution in [1.82, 2.24) is 9.97 Å². The van der Waals surface area contributed by atoms with E-state index in [9.17, 15) is 18.3 Å². The first-order valence-corrected chi connectivity index (χ1v) is 6.00. The van der Waals surface area contributed by atoms with Crippen LogP contribution in [0, 0.1) is 0 Å². The second-order valence-corrected chi connectivity index (χ2v) is 4.85. The molecular formula is C12H15F3N2O. The van der Waals surface area contributed by atoms with Crippen LogP contribution in [0.4, 0.5) is 13.2 Å². The molecule has 1 fully saturated rings. The van der Waals surface area contributed by atoms with Crippen LogP contribution in [0.1, 0.15) is 43.5 Å². The van der Waals surface area contributed by atoms with Gasteiger partial charge in [0.15, 0.2) is 5.69 Å². The number of aromatic nitrogens is 2. The molecule has 0 unspecified atom stereocenters. The maximum absolute atomic E-state index is 12.3. The fourth-order valence-electron chi connectivity index (χ4n) is 2.32. The Hall–Kier alpha value is -1.17. The summed E-state index contributed by atoms with van der Waals surface area (Å²) in [5, 5.41) is 10.3. The first kappa shape index (κ1) is 13.3. The molecule has 1 heterocycles. The second-order valence-electron chi connectivity index (χ2n) is 4.85. The molecule has 1 aromatic heterocycles. The Bertz CT molecular complexity index is 397. The molecule has 1 aliphatic carbocycles. The number of rotatable bonds is 2. The molecule has 0 aromatic carbocycles. The number of nitrogens with zero attached hydrogens (tertiary/aromatic N) is 2. The molecule has 1 saturated carbocycles. The van der Waals surface area contributed by atoms with Crippen LogP contribution in [-0.4, -0.2) is 20.7 Å². The maximum atomic E-state index is 12.3. The van der Waals surface area contributed by atoms with Crippen LogP contribution in [-0.2, 0) is 12.6 Å². The monoisotopic (exact) mass is 260 g/mol. The van der Waals surface area contributed by atoms with Crippen molar-refractivity contribution in [2.75, 3.05) is 0 Å². The number of hydrogen-bond acceptors (Lipinski definition) is 3. The van der Waals surface area contributed by atoms with Gasteiger partial charge in [0.1, 0.15) is 0 Å². The van der Waals surface area contributed by atoms with Crippen molar-refractivity contribution in [3.05, 3.63) is 23.8 Å². The minimum Gasteiger partial charge on any atom is -0.389 e. The summed E-state index contributed by atoms with van der Waals surface area (Å²) < 4.78 is 36.9. The van der Waals surface area contributed by atoms with Gasteiger partial charge in [0.2, 0.25) is 0 Å². The summed E-state index contributed by atoms with van der Waals surface area (Å²) >= 11 is 0. The second kappa shape index (κ2) is 4.84. The van der Waals surface area contributed by atoms with Crippen LogP contribution in [0.2, 0.25) is 0 Å². The third kappa shape index (κ3) is 3.19. The number of hydrogen-bond donors (Lipinski definition) is 1. The van der Waals surface area contributed by atoms with E-state index in [4.69, 9.17) is 0 Å². The van der Waals surface area contributed by atoms with Gasteiger partial charge in [-0.25, -0.2) is 4.98 Å². The predicted molar refractivity (Wildman–Crippen MR) is 58.8 cm³/mol. The molecule has 0 radical (unpaired) electrons. The lowest BCUT2D eigenvalue weighted by atomic mass is 9.82. The highest BCUT2D eigenvalue weighted by atomic mass is 19.4. The Kier molecular flexibility index (Phi) is 3.56. The smallest absolute Gasteiger partial charge is 0.389 e. The first-order chi connectivity index (χ1) is 8.39. The van der Waals surface area contributed by atoms with Crippen LogP contribution in [0.3, 0.4) is 0 Å². The van der Waals surface area contributed by atoms with Gasteiger partial charge >= 0.3 is 6.18 Å². The average molecular weight is 260 g/mol. The Morgan fingerprint density at radius 1 is 1.11 bits per heavy atom. The van der Waals surface area contributed by atoms with Gasteiger partial charge < -0.3 is 5.11 Å². The fourth-order valence-corrected chi connectivity index (χ4v) is 2.32. The van der Waals surface area contributed by atoms with Crippen LogP contribution in [0.25, 0.3) is 0 Å². The van der Waals surface area contributed by atoms with E-state index in [0.29, 0.717) is 18.5 Å². The summed E-state index contributed by atoms with van der Waals surface area (Å²) in [6.45, 7) is 0. The lowest BCUT2D eigenvalue weighted by Crippen LogP contribution is -2.34. The molecule has 0 aliphatic heterocycles. The number of aliphatic hydroxyl groups is 1. The van der Waals surface area contributed by atoms with Crippen molar-refractivity contribution in [1.29, 1.82) is 0 Å². The van der Waals surface area contributed by atoms with Crippen LogP contribution in [0.5, 0.6) is 0 Å². The zero-order chi connectivity index (χ0) is 13.2. The Balaban J connectivity index is 2.06. The lowest BCUT2D eigenvalue weighted by molar-refractivity contribution is -0.141. The SMILES string of the molecule is OC1(Cc2cnc(C(F)(F)F)cn2)CCCCC1. The normalized spacial score (nSPS) is 19.8. The Morgan fingerprint density at radius 3 is 2.28 bits per heavy atom. The van der Waals surface area contributed by atoms with E-state index in [-0.39, 0.29) is 6.42 Å². The summed E-state index contributed by atoms with van der Waals surface area (Å²) in [6.07, 6.45) is 1.99. The average Bonchev–Trinajstić information content (AvgIpc) is 2.29. The molecule has 3 nitrogen and oxygen atoms in total. The summed E-state index contributed by atoms with van der Waals surface area (Å²) in [5.41, 5.74) is -1.42. The minimum absolute atomic E-state index is 0.276. The van der Waals surface area contributed by atoms with E-state index in [1.807, 2.05) is 0 Å². The van der Waals surface area contributed by atoms with E-state index in [1.54, 1.807) is 0 Å². The van der Waals surface area contributed by atoms with Crippen molar-refractivity contribution in [3.63, 3.8) is 0 Å². The van der Waals surface area contributed by atoms with E-state index < -0.39 is 17.5 Å². The van der Waals surface area contributed by atoms with Gasteiger partial charge in [-0.15, -0.1) is 0 Å². The number of alkyl halides is 3. The van der Waals surface area contributed by atoms with Gasteiger partial charge in [0, 0.05) is 12.6 Å². The van der Waals surface area contributed by atoms with E-state index in [2.05, 4.69) is 9.97 Å². The molecular weight excluding hydrogens is 245 g/mol. The summed E-state index contributed by atoms with van der Waals surface area (Å²) in [7, 11) is 0. The van der Waals surface area contributed by atoms with Gasteiger partial charge in [-0.05, 0) is 12.8 Å². The van der Waals surface area contributed by atoms with Gasteiger partial charge in [0.25, 0.3) is 0 Å². The molecule has 1 N–H and O–H groups in total. The Morgan fingerprint density at radius 2 is 1.78 bits per heavy atom. The predicted octanol–water partition coefficient (Wildman–Crippen LogP) is 2.73. The van der Waals surface area contributed by atoms with Crippen molar-refractivity contribution in [2.24, 2.45) is 0 Å². The molecule has 6 heteroatoms. The van der Waals surface area contributed by atoms with Crippen molar-refractivity contribution in [2.45, 2.75) is 50.3 Å². The highest BCUT2D eigenvalue weighted by Crippen LogP contribution is 2.31. The molecule has 1 aliphatic rings. The standard InChI is InChI=1S/C12H15F3N2O/c13-12(14,15)10-8-16-9(7-17-10)6-11(18)4-2-1-3-5-11/h7-8,18H,1-6H2. The summed E-state index contributed by atoms with van der Waals surface area (Å²) in [5.74, 6) is 0. The van der Waals surface area contributed by atoms with Gasteiger partial charge in [-0.1, -0.05) is 19.3 Å². The molecule has 18 heavy (non-hydrogen) atoms. The minimum atomic E-state index is -4.47. The molecule has 100 valence electrons. The molecule has 0 bridgehead atoms. The van der Waals surface area contributed by atoms with Crippen LogP contribution in [0.15, 0.2) is 12.4 Å². The zero-order valence-electron chi connectivity index (χ0n) is 9.87. The number of halogens is 3. The third-order valence-electron chi connectivity index (χ3n) is 3.29. The molecule has 0 spiro atoms. The molecule has 0 atom stereocenters. The van der Waals surface area contributed by atoms with E-state index in [0.717, 1.165) is 31.7 Å². The van der Waals surface area contributed by atoms with Gasteiger partial charge in [-0.2, -0.15) is 13.2 Å². The van der Waals surface area contributed by atoms with Gasteiger partial charge in [-0.3, -0.25) is 4.98 Å². The van der Waals surface area contributed by atoms with Crippen molar-refractivity contribution >= 4 is 0 Å². The fraction of sp³-hybridized carbons (Fsp3) is 0.667. The summed E-state index contributed by atoms with van der Waals surface area (Å²) in [4.78, 5) is 7.09. The van der Waals surface area contributed by atoms with Crippen molar-refractivity contribution < 1.29 is 18.3 Å². The largest absolute Gasteiger partial charge is 0.434 e. The quantitative estimate of drug-likeness (QED) is 0.889. The van der Waals surface area contributed by atoms with Crippen LogP contribution < -0.4 is 0 Å². The van der Waals surface area contributed by atoms with Gasteiger partial charge in [0.05, 0.1) is 17.5 Å². The molecule has 2 rings (SSSR count). The molecule has 0 saturated heterocycles. The molecule has 1 aromatic rings. The molecule has 0 amide bonds. The Labute approximate surface area is 103 Å². The first-order valence-electron chi connectivity index (χ1n) is 6.00. The highest BCUT2D eigenvalue weighted by molar-refractivity contribution is 5.08.